The van der Waals surface area contributed by atoms with Crippen LogP contribution in [-0.4, -0.2) is 13.3 Å². The van der Waals surface area contributed by atoms with Crippen LogP contribution in [-0.2, 0) is 0 Å². The predicted molar refractivity (Wildman–Crippen MR) is 63.2 cm³/mol. The van der Waals surface area contributed by atoms with Crippen molar-refractivity contribution in [3.63, 3.8) is 0 Å². The number of allylic oxidation sites excluding steroid dienone is 3. The Hall–Kier alpha value is -0.570. The van der Waals surface area contributed by atoms with Crippen LogP contribution < -0.4 is 5.32 Å². The molecule has 13 heavy (non-hydrogen) atoms. The third kappa shape index (κ3) is 6.58. The van der Waals surface area contributed by atoms with Gasteiger partial charge >= 0.3 is 0 Å². The maximum Gasteiger partial charge on any atom is 0.121 e. The number of hydrogen-bond donors (Lipinski definition) is 1. The summed E-state index contributed by atoms with van der Waals surface area (Å²) in [4.78, 5) is 4.26. The van der Waals surface area contributed by atoms with Gasteiger partial charge in [0.05, 0.1) is 0 Å². The van der Waals surface area contributed by atoms with Gasteiger partial charge in [0.15, 0.2) is 0 Å². The Morgan fingerprint density at radius 2 is 2.23 bits per heavy atom. The second-order valence-electron chi connectivity index (χ2n) is 2.56. The van der Waals surface area contributed by atoms with Crippen molar-refractivity contribution >= 4 is 22.1 Å². The van der Waals surface area contributed by atoms with Crippen LogP contribution in [0.25, 0.3) is 0 Å². The van der Waals surface area contributed by atoms with Crippen molar-refractivity contribution in [3.05, 3.63) is 22.5 Å². The van der Waals surface area contributed by atoms with E-state index in [0.717, 1.165) is 23.1 Å². The molecule has 0 bridgehead atoms. The Bertz CT molecular complexity index is 217. The lowest BCUT2D eigenvalue weighted by Crippen LogP contribution is -2.03. The molecule has 0 aromatic rings. The third-order valence-electron chi connectivity index (χ3n) is 1.49. The lowest BCUT2D eigenvalue weighted by molar-refractivity contribution is 0.898. The molecule has 0 aliphatic carbocycles. The van der Waals surface area contributed by atoms with Crippen molar-refractivity contribution < 1.29 is 0 Å². The number of aliphatic imine (C=N–C) groups is 1. The van der Waals surface area contributed by atoms with Crippen molar-refractivity contribution in [2.24, 2.45) is 4.99 Å². The quantitative estimate of drug-likeness (QED) is 0.739. The van der Waals surface area contributed by atoms with Crippen LogP contribution in [0.4, 0.5) is 0 Å². The first-order valence-electron chi connectivity index (χ1n) is 4.48. The zero-order chi connectivity index (χ0) is 10.1. The molecular formula is C10H17BrN2. The van der Waals surface area contributed by atoms with Crippen molar-refractivity contribution in [1.82, 2.24) is 5.32 Å². The lowest BCUT2D eigenvalue weighted by Gasteiger charge is -1.98. The minimum atomic E-state index is 0.917. The highest BCUT2D eigenvalue weighted by Crippen LogP contribution is 2.02. The van der Waals surface area contributed by atoms with Crippen molar-refractivity contribution in [3.8, 4) is 0 Å². The Morgan fingerprint density at radius 1 is 1.54 bits per heavy atom. The summed E-state index contributed by atoms with van der Waals surface area (Å²) in [7, 11) is 1.88. The zero-order valence-electron chi connectivity index (χ0n) is 8.47. The molecule has 0 saturated heterocycles. The number of hydrogen-bond acceptors (Lipinski definition) is 2. The first-order chi connectivity index (χ1) is 6.24. The highest BCUT2D eigenvalue weighted by atomic mass is 79.9. The molecule has 0 saturated carbocycles. The van der Waals surface area contributed by atoms with Gasteiger partial charge in [0.1, 0.15) is 5.82 Å². The molecule has 2 nitrogen and oxygen atoms in total. The van der Waals surface area contributed by atoms with Gasteiger partial charge in [-0.25, -0.2) is 4.99 Å². The van der Waals surface area contributed by atoms with Crippen LogP contribution in [0.2, 0.25) is 0 Å². The van der Waals surface area contributed by atoms with E-state index in [2.05, 4.69) is 39.2 Å². The molecule has 0 fully saturated rings. The second kappa shape index (κ2) is 8.05. The smallest absolute Gasteiger partial charge is 0.121 e. The van der Waals surface area contributed by atoms with Crippen molar-refractivity contribution in [2.45, 2.75) is 26.7 Å². The monoisotopic (exact) mass is 244 g/mol. The number of halogens is 1. The Kier molecular flexibility index (Phi) is 7.69. The average Bonchev–Trinajstić information content (AvgIpc) is 2.17. The van der Waals surface area contributed by atoms with Gasteiger partial charge in [-0.1, -0.05) is 19.4 Å². The lowest BCUT2D eigenvalue weighted by atomic mass is 10.3. The molecule has 0 rings (SSSR count). The molecule has 0 aromatic heterocycles. The highest BCUT2D eigenvalue weighted by Gasteiger charge is 1.87. The third-order valence-corrected chi connectivity index (χ3v) is 2.15. The zero-order valence-corrected chi connectivity index (χ0v) is 10.1. The van der Waals surface area contributed by atoms with Crippen molar-refractivity contribution in [2.75, 3.05) is 7.05 Å². The molecule has 1 N–H and O–H groups in total. The molecule has 0 amide bonds. The van der Waals surface area contributed by atoms with Gasteiger partial charge in [-0.3, -0.25) is 0 Å². The average molecular weight is 245 g/mol. The summed E-state index contributed by atoms with van der Waals surface area (Å²) < 4.78 is 0.991. The summed E-state index contributed by atoms with van der Waals surface area (Å²) in [6.07, 6.45) is 8.04. The van der Waals surface area contributed by atoms with Crippen LogP contribution in [0.15, 0.2) is 27.4 Å². The van der Waals surface area contributed by atoms with E-state index < -0.39 is 0 Å². The van der Waals surface area contributed by atoms with E-state index in [1.165, 1.54) is 0 Å². The van der Waals surface area contributed by atoms with E-state index in [0.29, 0.717) is 0 Å². The fraction of sp³-hybridized carbons (Fsp3) is 0.500. The second-order valence-corrected chi connectivity index (χ2v) is 3.48. The Labute approximate surface area is 89.0 Å². The SMILES string of the molecule is C\C=C(Br)/C=N\C(=C\CCC)NC. The molecule has 0 aromatic carbocycles. The summed E-state index contributed by atoms with van der Waals surface area (Å²) in [5.41, 5.74) is 0. The normalized spacial score (nSPS) is 13.8. The summed E-state index contributed by atoms with van der Waals surface area (Å²) in [6, 6.07) is 0. The van der Waals surface area contributed by atoms with Gasteiger partial charge in [0, 0.05) is 17.7 Å². The van der Waals surface area contributed by atoms with Crippen molar-refractivity contribution in [1.29, 1.82) is 0 Å². The molecule has 0 aliphatic rings. The number of unbranched alkanes of at least 4 members (excludes halogenated alkanes) is 1. The van der Waals surface area contributed by atoms with Crippen LogP contribution in [0.5, 0.6) is 0 Å². The van der Waals surface area contributed by atoms with E-state index in [4.69, 9.17) is 0 Å². The van der Waals surface area contributed by atoms with Crippen LogP contribution in [0, 0.1) is 0 Å². The topological polar surface area (TPSA) is 24.4 Å². The van der Waals surface area contributed by atoms with Gasteiger partial charge in [-0.2, -0.15) is 0 Å². The molecule has 0 radical (unpaired) electrons. The Morgan fingerprint density at radius 3 is 2.69 bits per heavy atom. The number of nitrogens with one attached hydrogen (secondary N) is 1. The summed E-state index contributed by atoms with van der Waals surface area (Å²) in [6.45, 7) is 4.11. The fourth-order valence-electron chi connectivity index (χ4n) is 0.706. The molecule has 0 atom stereocenters. The van der Waals surface area contributed by atoms with Gasteiger partial charge in [-0.05, 0) is 35.4 Å². The molecule has 0 spiro atoms. The Balaban J connectivity index is 4.19. The number of rotatable bonds is 5. The first kappa shape index (κ1) is 12.4. The van der Waals surface area contributed by atoms with E-state index in [1.54, 1.807) is 6.21 Å². The molecular weight excluding hydrogens is 228 g/mol. The van der Waals surface area contributed by atoms with Crippen LogP contribution in [0.3, 0.4) is 0 Å². The van der Waals surface area contributed by atoms with Gasteiger partial charge in [0.25, 0.3) is 0 Å². The van der Waals surface area contributed by atoms with Crippen LogP contribution in [0.1, 0.15) is 26.7 Å². The standard InChI is InChI=1S/C10H17BrN2/c1-4-6-7-10(12-3)13-8-9(11)5-2/h5,7-8,12H,4,6H2,1-3H3/b9-5+,10-7+,13-8-. The van der Waals surface area contributed by atoms with Gasteiger partial charge < -0.3 is 5.32 Å². The largest absolute Gasteiger partial charge is 0.373 e. The van der Waals surface area contributed by atoms with E-state index >= 15 is 0 Å². The predicted octanol–water partition coefficient (Wildman–Crippen LogP) is 3.22. The summed E-state index contributed by atoms with van der Waals surface area (Å²) in [5, 5.41) is 3.03. The minimum Gasteiger partial charge on any atom is -0.373 e. The summed E-state index contributed by atoms with van der Waals surface area (Å²) in [5.74, 6) is 0.917. The molecule has 74 valence electrons. The molecule has 0 aliphatic heterocycles. The first-order valence-corrected chi connectivity index (χ1v) is 5.27. The van der Waals surface area contributed by atoms with Crippen LogP contribution >= 0.6 is 15.9 Å². The van der Waals surface area contributed by atoms with E-state index in [1.807, 2.05) is 20.0 Å². The summed E-state index contributed by atoms with van der Waals surface area (Å²) >= 11 is 3.36. The maximum absolute atomic E-state index is 4.26. The van der Waals surface area contributed by atoms with E-state index in [9.17, 15) is 0 Å². The molecule has 0 unspecified atom stereocenters. The molecule has 0 heterocycles. The number of nitrogens with zero attached hydrogens (tertiary/aromatic N) is 1. The maximum atomic E-state index is 4.26. The van der Waals surface area contributed by atoms with Gasteiger partial charge in [-0.15, -0.1) is 0 Å². The molecule has 3 heteroatoms. The van der Waals surface area contributed by atoms with E-state index in [-0.39, 0.29) is 0 Å². The fourth-order valence-corrected chi connectivity index (χ4v) is 0.808. The van der Waals surface area contributed by atoms with Gasteiger partial charge in [0.2, 0.25) is 0 Å². The highest BCUT2D eigenvalue weighted by molar-refractivity contribution is 9.12. The minimum absolute atomic E-state index is 0.917.